The summed E-state index contributed by atoms with van der Waals surface area (Å²) in [5.41, 5.74) is 2.56. The molecule has 19 heavy (non-hydrogen) atoms. The van der Waals surface area contributed by atoms with Crippen LogP contribution in [0.1, 0.15) is 50.5 Å². The highest BCUT2D eigenvalue weighted by Crippen LogP contribution is 2.24. The molecule has 3 heterocycles. The molecular formula is C16H23N3. The van der Waals surface area contributed by atoms with Gasteiger partial charge in [-0.15, -0.1) is 0 Å². The minimum atomic E-state index is 0.990. The maximum Gasteiger partial charge on any atom is 0.137 e. The molecule has 1 aromatic rings. The van der Waals surface area contributed by atoms with E-state index in [0.29, 0.717) is 0 Å². The van der Waals surface area contributed by atoms with Crippen LogP contribution in [0.15, 0.2) is 23.3 Å². The number of anilines is 1. The van der Waals surface area contributed by atoms with E-state index in [1.807, 2.05) is 12.3 Å². The first-order valence-corrected chi connectivity index (χ1v) is 7.69. The first-order chi connectivity index (χ1) is 9.45. The molecule has 0 saturated carbocycles. The van der Waals surface area contributed by atoms with Gasteiger partial charge in [0.2, 0.25) is 0 Å². The normalized spacial score (nSPS) is 20.8. The molecule has 0 bridgehead atoms. The lowest BCUT2D eigenvalue weighted by Gasteiger charge is -2.25. The molecule has 3 nitrogen and oxygen atoms in total. The van der Waals surface area contributed by atoms with Crippen LogP contribution >= 0.6 is 0 Å². The van der Waals surface area contributed by atoms with Gasteiger partial charge in [-0.1, -0.05) is 12.8 Å². The van der Waals surface area contributed by atoms with Crippen LogP contribution in [0.4, 0.5) is 5.82 Å². The zero-order valence-corrected chi connectivity index (χ0v) is 11.6. The number of aromatic nitrogens is 1. The summed E-state index contributed by atoms with van der Waals surface area (Å²) in [6, 6.07) is 4.26. The SMILES string of the molecule is c1cnc(N2CCCCCC2)c(C2=NCCCC2)c1. The van der Waals surface area contributed by atoms with Crippen molar-refractivity contribution in [1.29, 1.82) is 0 Å². The Bertz CT molecular complexity index is 445. The van der Waals surface area contributed by atoms with Crippen LogP contribution in [0.2, 0.25) is 0 Å². The standard InChI is InChI=1S/C16H23N3/c1-2-6-13-19(12-5-1)16-14(8-7-11-18-16)15-9-3-4-10-17-15/h7-8,11H,1-6,9-10,12-13H2. The van der Waals surface area contributed by atoms with Gasteiger partial charge in [0.1, 0.15) is 5.82 Å². The summed E-state index contributed by atoms with van der Waals surface area (Å²) < 4.78 is 0. The number of aliphatic imine (C=N–C) groups is 1. The zero-order valence-electron chi connectivity index (χ0n) is 11.6. The van der Waals surface area contributed by atoms with E-state index >= 15 is 0 Å². The predicted molar refractivity (Wildman–Crippen MR) is 80.2 cm³/mol. The summed E-state index contributed by atoms with van der Waals surface area (Å²) in [6.07, 6.45) is 10.9. The fourth-order valence-electron chi connectivity index (χ4n) is 3.07. The molecule has 2 aliphatic rings. The fourth-order valence-corrected chi connectivity index (χ4v) is 3.07. The number of pyridine rings is 1. The molecule has 0 radical (unpaired) electrons. The van der Waals surface area contributed by atoms with E-state index in [1.165, 1.54) is 55.6 Å². The van der Waals surface area contributed by atoms with Gasteiger partial charge in [-0.3, -0.25) is 4.99 Å². The van der Waals surface area contributed by atoms with Gasteiger partial charge >= 0.3 is 0 Å². The molecule has 2 aliphatic heterocycles. The van der Waals surface area contributed by atoms with E-state index in [1.54, 1.807) is 0 Å². The lowest BCUT2D eigenvalue weighted by Crippen LogP contribution is -2.27. The molecule has 0 aromatic carbocycles. The third kappa shape index (κ3) is 2.96. The van der Waals surface area contributed by atoms with Gasteiger partial charge < -0.3 is 4.90 Å². The van der Waals surface area contributed by atoms with E-state index < -0.39 is 0 Å². The average molecular weight is 257 g/mol. The highest BCUT2D eigenvalue weighted by Gasteiger charge is 2.18. The highest BCUT2D eigenvalue weighted by molar-refractivity contribution is 6.04. The van der Waals surface area contributed by atoms with Crippen LogP contribution < -0.4 is 4.90 Å². The van der Waals surface area contributed by atoms with Crippen LogP contribution in [0, 0.1) is 0 Å². The molecule has 0 unspecified atom stereocenters. The monoisotopic (exact) mass is 257 g/mol. The quantitative estimate of drug-likeness (QED) is 0.812. The Hall–Kier alpha value is -1.38. The van der Waals surface area contributed by atoms with Crippen molar-refractivity contribution in [1.82, 2.24) is 4.98 Å². The Morgan fingerprint density at radius 1 is 0.947 bits per heavy atom. The minimum Gasteiger partial charge on any atom is -0.356 e. The van der Waals surface area contributed by atoms with Crippen LogP contribution in [0.25, 0.3) is 0 Å². The van der Waals surface area contributed by atoms with Crippen LogP contribution in [0.3, 0.4) is 0 Å². The Labute approximate surface area is 115 Å². The highest BCUT2D eigenvalue weighted by atomic mass is 15.2. The topological polar surface area (TPSA) is 28.5 Å². The molecule has 3 rings (SSSR count). The third-order valence-electron chi connectivity index (χ3n) is 4.13. The summed E-state index contributed by atoms with van der Waals surface area (Å²) in [4.78, 5) is 11.9. The Morgan fingerprint density at radius 3 is 2.53 bits per heavy atom. The lowest BCUT2D eigenvalue weighted by molar-refractivity contribution is 0.726. The van der Waals surface area contributed by atoms with Crippen molar-refractivity contribution in [3.8, 4) is 0 Å². The summed E-state index contributed by atoms with van der Waals surface area (Å²) in [5.74, 6) is 1.17. The van der Waals surface area contributed by atoms with Crippen molar-refractivity contribution in [2.75, 3.05) is 24.5 Å². The number of hydrogen-bond donors (Lipinski definition) is 0. The van der Waals surface area contributed by atoms with Crippen LogP contribution in [-0.2, 0) is 0 Å². The number of nitrogens with zero attached hydrogens (tertiary/aromatic N) is 3. The molecular weight excluding hydrogens is 234 g/mol. The molecule has 0 atom stereocenters. The van der Waals surface area contributed by atoms with Gasteiger partial charge in [0.25, 0.3) is 0 Å². The molecule has 102 valence electrons. The van der Waals surface area contributed by atoms with Crippen molar-refractivity contribution < 1.29 is 0 Å². The maximum absolute atomic E-state index is 4.73. The number of hydrogen-bond acceptors (Lipinski definition) is 3. The molecule has 0 amide bonds. The molecule has 1 fully saturated rings. The minimum absolute atomic E-state index is 0.990. The summed E-state index contributed by atoms with van der Waals surface area (Å²) in [7, 11) is 0. The lowest BCUT2D eigenvalue weighted by atomic mass is 10.0. The predicted octanol–water partition coefficient (Wildman–Crippen LogP) is 3.44. The van der Waals surface area contributed by atoms with E-state index in [4.69, 9.17) is 4.99 Å². The summed E-state index contributed by atoms with van der Waals surface area (Å²) >= 11 is 0. The third-order valence-corrected chi connectivity index (χ3v) is 4.13. The second kappa shape index (κ2) is 6.18. The first kappa shape index (κ1) is 12.6. The summed E-state index contributed by atoms with van der Waals surface area (Å²) in [6.45, 7) is 3.29. The Balaban J connectivity index is 1.89. The van der Waals surface area contributed by atoms with E-state index in [-0.39, 0.29) is 0 Å². The van der Waals surface area contributed by atoms with Crippen molar-refractivity contribution in [3.63, 3.8) is 0 Å². The van der Waals surface area contributed by atoms with Crippen molar-refractivity contribution in [3.05, 3.63) is 23.9 Å². The zero-order chi connectivity index (χ0) is 12.9. The molecule has 1 aromatic heterocycles. The smallest absolute Gasteiger partial charge is 0.137 e. The van der Waals surface area contributed by atoms with Crippen molar-refractivity contribution >= 4 is 11.5 Å². The van der Waals surface area contributed by atoms with Crippen LogP contribution in [0.5, 0.6) is 0 Å². The largest absolute Gasteiger partial charge is 0.356 e. The van der Waals surface area contributed by atoms with Gasteiger partial charge in [0.15, 0.2) is 0 Å². The van der Waals surface area contributed by atoms with Gasteiger partial charge in [-0.2, -0.15) is 0 Å². The van der Waals surface area contributed by atoms with E-state index in [9.17, 15) is 0 Å². The molecule has 0 spiro atoms. The van der Waals surface area contributed by atoms with E-state index in [2.05, 4.69) is 16.0 Å². The fraction of sp³-hybridized carbons (Fsp3) is 0.625. The van der Waals surface area contributed by atoms with Gasteiger partial charge in [0, 0.05) is 37.1 Å². The van der Waals surface area contributed by atoms with Gasteiger partial charge in [-0.25, -0.2) is 4.98 Å². The maximum atomic E-state index is 4.73. The van der Waals surface area contributed by atoms with Gasteiger partial charge in [-0.05, 0) is 44.2 Å². The second-order valence-corrected chi connectivity index (χ2v) is 5.56. The molecule has 0 N–H and O–H groups in total. The Morgan fingerprint density at radius 2 is 1.79 bits per heavy atom. The van der Waals surface area contributed by atoms with Crippen molar-refractivity contribution in [2.45, 2.75) is 44.9 Å². The van der Waals surface area contributed by atoms with Gasteiger partial charge in [0.05, 0.1) is 0 Å². The van der Waals surface area contributed by atoms with E-state index in [0.717, 1.165) is 26.1 Å². The average Bonchev–Trinajstić information content (AvgIpc) is 2.77. The van der Waals surface area contributed by atoms with Crippen molar-refractivity contribution in [2.24, 2.45) is 4.99 Å². The molecule has 1 saturated heterocycles. The second-order valence-electron chi connectivity index (χ2n) is 5.56. The summed E-state index contributed by atoms with van der Waals surface area (Å²) in [5, 5.41) is 0. The molecule has 0 aliphatic carbocycles. The number of rotatable bonds is 2. The first-order valence-electron chi connectivity index (χ1n) is 7.69. The Kier molecular flexibility index (Phi) is 4.11. The van der Waals surface area contributed by atoms with Crippen LogP contribution in [-0.4, -0.2) is 30.3 Å². The molecule has 3 heteroatoms.